The molecule has 33 heavy (non-hydrogen) atoms. The van der Waals surface area contributed by atoms with Crippen molar-refractivity contribution in [2.45, 2.75) is 0 Å². The minimum Gasteiger partial charge on any atom is -0.308 e. The van der Waals surface area contributed by atoms with Crippen molar-refractivity contribution in [2.75, 3.05) is 0 Å². The molecule has 3 nitrogen and oxygen atoms in total. The zero-order valence-electron chi connectivity index (χ0n) is 17.7. The summed E-state index contributed by atoms with van der Waals surface area (Å²) in [5.74, 6) is 0. The Labute approximate surface area is 191 Å². The lowest BCUT2D eigenvalue weighted by atomic mass is 10.0. The van der Waals surface area contributed by atoms with Crippen LogP contribution >= 0.6 is 0 Å². The van der Waals surface area contributed by atoms with E-state index in [1.165, 1.54) is 10.8 Å². The van der Waals surface area contributed by atoms with Crippen LogP contribution in [0, 0.1) is 22.7 Å². The summed E-state index contributed by atoms with van der Waals surface area (Å²) in [4.78, 5) is 0. The van der Waals surface area contributed by atoms with Gasteiger partial charge in [-0.2, -0.15) is 10.5 Å². The van der Waals surface area contributed by atoms with E-state index in [2.05, 4.69) is 77.4 Å². The van der Waals surface area contributed by atoms with Gasteiger partial charge in [0.25, 0.3) is 0 Å². The largest absolute Gasteiger partial charge is 0.308 e. The second-order valence-corrected chi connectivity index (χ2v) is 8.04. The van der Waals surface area contributed by atoms with Crippen LogP contribution in [0.4, 0.5) is 0 Å². The zero-order chi connectivity index (χ0) is 22.4. The number of nitrogens with zero attached hydrogens (tertiary/aromatic N) is 3. The van der Waals surface area contributed by atoms with E-state index >= 15 is 0 Å². The van der Waals surface area contributed by atoms with Gasteiger partial charge < -0.3 is 4.57 Å². The molecule has 1 aromatic heterocycles. The Morgan fingerprint density at radius 2 is 1.36 bits per heavy atom. The molecule has 152 valence electrons. The van der Waals surface area contributed by atoms with Crippen LogP contribution < -0.4 is 0 Å². The monoisotopic (exact) mass is 419 g/mol. The van der Waals surface area contributed by atoms with Gasteiger partial charge in [-0.15, -0.1) is 0 Å². The summed E-state index contributed by atoms with van der Waals surface area (Å²) in [5.41, 5.74) is 5.81. The maximum Gasteiger partial charge on any atom is 0.103 e. The van der Waals surface area contributed by atoms with Crippen LogP contribution in [0.2, 0.25) is 0 Å². The lowest BCUT2D eigenvalue weighted by Crippen LogP contribution is -1.99. The average Bonchev–Trinajstić information content (AvgIpc) is 3.22. The predicted octanol–water partition coefficient (Wildman–Crippen LogP) is 7.35. The molecule has 0 atom stereocenters. The summed E-state index contributed by atoms with van der Waals surface area (Å²) in [6, 6.07) is 39.3. The van der Waals surface area contributed by atoms with Crippen molar-refractivity contribution >= 4 is 32.6 Å². The number of aromatic nitrogens is 1. The Morgan fingerprint density at radius 3 is 2.18 bits per heavy atom. The van der Waals surface area contributed by atoms with Gasteiger partial charge >= 0.3 is 0 Å². The molecule has 0 saturated carbocycles. The van der Waals surface area contributed by atoms with Crippen molar-refractivity contribution in [3.63, 3.8) is 0 Å². The summed E-state index contributed by atoms with van der Waals surface area (Å²) < 4.78 is 2.12. The number of hydrogen-bond acceptors (Lipinski definition) is 2. The molecule has 0 unspecified atom stereocenters. The molecule has 1 heterocycles. The summed E-state index contributed by atoms with van der Waals surface area (Å²) in [5, 5.41) is 24.1. The normalized spacial score (nSPS) is 11.0. The maximum absolute atomic E-state index is 9.92. The van der Waals surface area contributed by atoms with E-state index in [1.807, 2.05) is 36.4 Å². The van der Waals surface area contributed by atoms with Crippen LogP contribution in [0.3, 0.4) is 0 Å². The fourth-order valence-corrected chi connectivity index (χ4v) is 4.80. The molecule has 6 rings (SSSR count). The van der Waals surface area contributed by atoms with Crippen LogP contribution in [0.1, 0.15) is 11.1 Å². The fourth-order valence-electron chi connectivity index (χ4n) is 4.80. The first kappa shape index (κ1) is 18.9. The third kappa shape index (κ3) is 2.81. The Balaban J connectivity index is 1.80. The van der Waals surface area contributed by atoms with E-state index in [0.717, 1.165) is 38.6 Å². The van der Waals surface area contributed by atoms with Crippen LogP contribution in [-0.2, 0) is 0 Å². The molecule has 0 amide bonds. The van der Waals surface area contributed by atoms with Gasteiger partial charge in [-0.3, -0.25) is 0 Å². The Bertz CT molecular complexity index is 1780. The van der Waals surface area contributed by atoms with Gasteiger partial charge in [-0.05, 0) is 52.2 Å². The minimum atomic E-state index is 0.381. The molecule has 0 aliphatic carbocycles. The van der Waals surface area contributed by atoms with Crippen molar-refractivity contribution in [2.24, 2.45) is 0 Å². The van der Waals surface area contributed by atoms with Crippen molar-refractivity contribution in [1.29, 1.82) is 10.5 Å². The highest BCUT2D eigenvalue weighted by Gasteiger charge is 2.18. The van der Waals surface area contributed by atoms with E-state index in [-0.39, 0.29) is 0 Å². The van der Waals surface area contributed by atoms with Gasteiger partial charge in [0.2, 0.25) is 0 Å². The van der Waals surface area contributed by atoms with Crippen LogP contribution in [-0.4, -0.2) is 4.57 Å². The van der Waals surface area contributed by atoms with Gasteiger partial charge in [0.15, 0.2) is 0 Å². The first-order valence-corrected chi connectivity index (χ1v) is 10.7. The molecule has 0 radical (unpaired) electrons. The molecule has 0 aliphatic heterocycles. The van der Waals surface area contributed by atoms with Crippen LogP contribution in [0.25, 0.3) is 49.4 Å². The molecular weight excluding hydrogens is 402 g/mol. The predicted molar refractivity (Wildman–Crippen MR) is 133 cm³/mol. The van der Waals surface area contributed by atoms with Gasteiger partial charge in [0, 0.05) is 10.8 Å². The van der Waals surface area contributed by atoms with Gasteiger partial charge in [-0.1, -0.05) is 72.8 Å². The van der Waals surface area contributed by atoms with Gasteiger partial charge in [0.05, 0.1) is 27.8 Å². The lowest BCUT2D eigenvalue weighted by molar-refractivity contribution is 1.16. The molecule has 3 heteroatoms. The lowest BCUT2D eigenvalue weighted by Gasteiger charge is -2.11. The number of hydrogen-bond donors (Lipinski definition) is 0. The summed E-state index contributed by atoms with van der Waals surface area (Å²) >= 11 is 0. The third-order valence-corrected chi connectivity index (χ3v) is 6.28. The highest BCUT2D eigenvalue weighted by atomic mass is 15.0. The SMILES string of the molecule is N#Cc1cccc(-n2c3ccc(-c4ccccc4)cc3c3c4ccccc4ccc32)c1C#N. The smallest absolute Gasteiger partial charge is 0.103 e. The zero-order valence-corrected chi connectivity index (χ0v) is 17.7. The maximum atomic E-state index is 9.92. The van der Waals surface area contributed by atoms with Crippen molar-refractivity contribution in [3.8, 4) is 29.0 Å². The second kappa shape index (κ2) is 7.38. The molecule has 6 aromatic rings. The summed E-state index contributed by atoms with van der Waals surface area (Å²) in [6.07, 6.45) is 0. The molecule has 0 aliphatic rings. The van der Waals surface area contributed by atoms with Crippen molar-refractivity contribution in [3.05, 3.63) is 114 Å². The topological polar surface area (TPSA) is 52.5 Å². The fraction of sp³-hybridized carbons (Fsp3) is 0. The van der Waals surface area contributed by atoms with E-state index in [1.54, 1.807) is 6.07 Å². The quantitative estimate of drug-likeness (QED) is 0.295. The highest BCUT2D eigenvalue weighted by molar-refractivity contribution is 6.22. The minimum absolute atomic E-state index is 0.381. The van der Waals surface area contributed by atoms with Crippen LogP contribution in [0.15, 0.2) is 103 Å². The molecule has 0 fully saturated rings. The molecular formula is C30H17N3. The second-order valence-electron chi connectivity index (χ2n) is 8.04. The number of nitriles is 2. The summed E-state index contributed by atoms with van der Waals surface area (Å²) in [7, 11) is 0. The van der Waals surface area contributed by atoms with E-state index in [0.29, 0.717) is 11.1 Å². The molecule has 0 saturated heterocycles. The van der Waals surface area contributed by atoms with Crippen molar-refractivity contribution in [1.82, 2.24) is 4.57 Å². The first-order chi connectivity index (χ1) is 16.3. The van der Waals surface area contributed by atoms with E-state index in [4.69, 9.17) is 0 Å². The first-order valence-electron chi connectivity index (χ1n) is 10.7. The molecule has 0 N–H and O–H groups in total. The van der Waals surface area contributed by atoms with E-state index < -0.39 is 0 Å². The Kier molecular flexibility index (Phi) is 4.22. The van der Waals surface area contributed by atoms with E-state index in [9.17, 15) is 10.5 Å². The molecule has 0 bridgehead atoms. The van der Waals surface area contributed by atoms with Crippen LogP contribution in [0.5, 0.6) is 0 Å². The summed E-state index contributed by atoms with van der Waals surface area (Å²) in [6.45, 7) is 0. The Morgan fingerprint density at radius 1 is 0.576 bits per heavy atom. The molecule has 0 spiro atoms. The Hall–Kier alpha value is -4.86. The van der Waals surface area contributed by atoms with Gasteiger partial charge in [-0.25, -0.2) is 0 Å². The van der Waals surface area contributed by atoms with Crippen molar-refractivity contribution < 1.29 is 0 Å². The number of rotatable bonds is 2. The number of benzene rings is 5. The van der Waals surface area contributed by atoms with Gasteiger partial charge in [0.1, 0.15) is 12.1 Å². The number of fused-ring (bicyclic) bond motifs is 5. The highest BCUT2D eigenvalue weighted by Crippen LogP contribution is 2.39. The average molecular weight is 419 g/mol. The third-order valence-electron chi connectivity index (χ3n) is 6.28. The molecule has 5 aromatic carbocycles. The standard InChI is InChI=1S/C30H17N3/c31-18-23-10-6-12-27(26(23)19-32)33-28-15-14-22(20-7-2-1-3-8-20)17-25(28)30-24-11-5-4-9-21(24)13-16-29(30)33/h1-17H.